The van der Waals surface area contributed by atoms with Gasteiger partial charge in [0.2, 0.25) is 0 Å². The van der Waals surface area contributed by atoms with Crippen LogP contribution in [0.1, 0.15) is 11.3 Å². The summed E-state index contributed by atoms with van der Waals surface area (Å²) in [6.07, 6.45) is -4.54. The van der Waals surface area contributed by atoms with Crippen molar-refractivity contribution in [2.45, 2.75) is 6.18 Å². The molecule has 0 radical (unpaired) electrons. The second-order valence-corrected chi connectivity index (χ2v) is 5.44. The van der Waals surface area contributed by atoms with Gasteiger partial charge in [-0.15, -0.1) is 16.4 Å². The maximum Gasteiger partial charge on any atom is 0.419 e. The molecule has 0 saturated heterocycles. The first-order chi connectivity index (χ1) is 11.4. The number of nitrogens with zero attached hydrogens (tertiary/aromatic N) is 4. The normalized spacial score (nSPS) is 11.3. The van der Waals surface area contributed by atoms with Crippen LogP contribution in [0.2, 0.25) is 0 Å². The topological polar surface area (TPSA) is 87.5 Å². The van der Waals surface area contributed by atoms with Crippen LogP contribution in [-0.2, 0) is 6.18 Å². The number of halogens is 3. The van der Waals surface area contributed by atoms with E-state index in [0.29, 0.717) is 16.3 Å². The Bertz CT molecular complexity index is 925. The highest BCUT2D eigenvalue weighted by Crippen LogP contribution is 2.39. The van der Waals surface area contributed by atoms with Crippen LogP contribution in [-0.4, -0.2) is 27.5 Å². The van der Waals surface area contributed by atoms with Gasteiger partial charge in [0.1, 0.15) is 28.2 Å². The molecular weight excluding hydrogens is 343 g/mol. The van der Waals surface area contributed by atoms with Gasteiger partial charge in [0.25, 0.3) is 0 Å². The third kappa shape index (κ3) is 2.81. The van der Waals surface area contributed by atoms with Gasteiger partial charge in [0, 0.05) is 10.9 Å². The van der Waals surface area contributed by atoms with Crippen LogP contribution in [0.15, 0.2) is 23.6 Å². The number of hydrogen-bond donors (Lipinski definition) is 1. The molecule has 0 spiro atoms. The number of aromatic amines is 1. The number of nitrogens with one attached hydrogen (secondary N) is 1. The van der Waals surface area contributed by atoms with Gasteiger partial charge in [-0.2, -0.15) is 28.7 Å². The van der Waals surface area contributed by atoms with Crippen molar-refractivity contribution < 1.29 is 17.9 Å². The number of ether oxygens (including phenoxy) is 1. The van der Waals surface area contributed by atoms with Crippen molar-refractivity contribution >= 4 is 11.3 Å². The van der Waals surface area contributed by atoms with E-state index in [0.717, 1.165) is 17.4 Å². The van der Waals surface area contributed by atoms with E-state index in [4.69, 9.17) is 10.00 Å². The van der Waals surface area contributed by atoms with E-state index in [1.165, 1.54) is 19.2 Å². The highest BCUT2D eigenvalue weighted by molar-refractivity contribution is 7.13. The predicted octanol–water partition coefficient (Wildman–Crippen LogP) is 3.49. The maximum absolute atomic E-state index is 13.1. The van der Waals surface area contributed by atoms with Crippen molar-refractivity contribution in [3.63, 3.8) is 0 Å². The van der Waals surface area contributed by atoms with Crippen molar-refractivity contribution in [1.29, 1.82) is 5.26 Å². The third-order valence-electron chi connectivity index (χ3n) is 3.15. The molecule has 0 bridgehead atoms. The lowest BCUT2D eigenvalue weighted by atomic mass is 10.1. The van der Waals surface area contributed by atoms with E-state index in [1.807, 2.05) is 6.07 Å². The quantitative estimate of drug-likeness (QED) is 0.780. The standard InChI is InChI=1S/C14H8F3N5OS/c1-23-11-3-2-7(4-8(11)14(15,16)17)13-19-10(6-24-13)12-9(5-18)20-22-21-12/h2-4,6H,1H3,(H,20,21,22). The average molecular weight is 351 g/mol. The van der Waals surface area contributed by atoms with Crippen molar-refractivity contribution in [2.75, 3.05) is 7.11 Å². The molecule has 0 aliphatic rings. The van der Waals surface area contributed by atoms with E-state index in [2.05, 4.69) is 20.4 Å². The molecule has 122 valence electrons. The number of benzene rings is 1. The molecule has 0 aliphatic heterocycles. The molecule has 0 amide bonds. The van der Waals surface area contributed by atoms with E-state index >= 15 is 0 Å². The molecule has 3 aromatic rings. The first-order valence-electron chi connectivity index (χ1n) is 6.46. The highest BCUT2D eigenvalue weighted by Gasteiger charge is 2.34. The van der Waals surface area contributed by atoms with Crippen LogP contribution in [0.25, 0.3) is 22.0 Å². The number of thiazole rings is 1. The van der Waals surface area contributed by atoms with E-state index in [-0.39, 0.29) is 17.1 Å². The minimum Gasteiger partial charge on any atom is -0.496 e. The molecule has 6 nitrogen and oxygen atoms in total. The van der Waals surface area contributed by atoms with Gasteiger partial charge in [-0.3, -0.25) is 0 Å². The second-order valence-electron chi connectivity index (χ2n) is 4.58. The summed E-state index contributed by atoms with van der Waals surface area (Å²) in [6.45, 7) is 0. The second kappa shape index (κ2) is 5.93. The van der Waals surface area contributed by atoms with Gasteiger partial charge in [-0.1, -0.05) is 0 Å². The molecular formula is C14H8F3N5OS. The van der Waals surface area contributed by atoms with Gasteiger partial charge >= 0.3 is 6.18 Å². The summed E-state index contributed by atoms with van der Waals surface area (Å²) in [7, 11) is 1.18. The summed E-state index contributed by atoms with van der Waals surface area (Å²) >= 11 is 1.14. The Morgan fingerprint density at radius 2 is 2.08 bits per heavy atom. The van der Waals surface area contributed by atoms with Crippen LogP contribution in [0.3, 0.4) is 0 Å². The first kappa shape index (κ1) is 15.9. The number of methoxy groups -OCH3 is 1. The Hall–Kier alpha value is -2.93. The minimum atomic E-state index is -4.54. The smallest absolute Gasteiger partial charge is 0.419 e. The monoisotopic (exact) mass is 351 g/mol. The molecule has 0 unspecified atom stereocenters. The summed E-state index contributed by atoms with van der Waals surface area (Å²) in [6, 6.07) is 5.58. The Labute approximate surface area is 137 Å². The molecule has 2 heterocycles. The molecule has 1 aromatic carbocycles. The molecule has 0 saturated carbocycles. The molecule has 0 atom stereocenters. The minimum absolute atomic E-state index is 0.0672. The van der Waals surface area contributed by atoms with Gasteiger partial charge < -0.3 is 4.74 Å². The van der Waals surface area contributed by atoms with Crippen molar-refractivity contribution in [1.82, 2.24) is 20.4 Å². The zero-order valence-electron chi connectivity index (χ0n) is 12.0. The van der Waals surface area contributed by atoms with E-state index < -0.39 is 11.7 Å². The lowest BCUT2D eigenvalue weighted by molar-refractivity contribution is -0.138. The zero-order chi connectivity index (χ0) is 17.3. The number of rotatable bonds is 3. The summed E-state index contributed by atoms with van der Waals surface area (Å²) in [5.74, 6) is -0.258. The third-order valence-corrected chi connectivity index (χ3v) is 4.04. The number of nitriles is 1. The number of H-pyrrole nitrogens is 1. The van der Waals surface area contributed by atoms with Crippen LogP contribution in [0, 0.1) is 11.3 Å². The predicted molar refractivity (Wildman–Crippen MR) is 79.2 cm³/mol. The average Bonchev–Trinajstić information content (AvgIpc) is 3.21. The molecule has 3 rings (SSSR count). The van der Waals surface area contributed by atoms with Gasteiger partial charge in [-0.05, 0) is 18.2 Å². The van der Waals surface area contributed by atoms with Gasteiger partial charge in [0.15, 0.2) is 5.69 Å². The molecule has 0 fully saturated rings. The molecule has 2 aromatic heterocycles. The number of hydrogen-bond acceptors (Lipinski definition) is 6. The number of aromatic nitrogens is 4. The van der Waals surface area contributed by atoms with Crippen molar-refractivity contribution in [3.05, 3.63) is 34.8 Å². The fourth-order valence-electron chi connectivity index (χ4n) is 2.07. The lowest BCUT2D eigenvalue weighted by Crippen LogP contribution is -2.07. The van der Waals surface area contributed by atoms with Crippen LogP contribution >= 0.6 is 11.3 Å². The number of alkyl halides is 3. The maximum atomic E-state index is 13.1. The summed E-state index contributed by atoms with van der Waals surface area (Å²) in [5.41, 5.74) is 0.103. The van der Waals surface area contributed by atoms with Gasteiger partial charge in [0.05, 0.1) is 12.7 Å². The molecule has 1 N–H and O–H groups in total. The van der Waals surface area contributed by atoms with E-state index in [1.54, 1.807) is 5.38 Å². The fourth-order valence-corrected chi connectivity index (χ4v) is 2.87. The summed E-state index contributed by atoms with van der Waals surface area (Å²) < 4.78 is 44.1. The Kier molecular flexibility index (Phi) is 3.94. The summed E-state index contributed by atoms with van der Waals surface area (Å²) in [4.78, 5) is 4.25. The first-order valence-corrected chi connectivity index (χ1v) is 7.34. The Morgan fingerprint density at radius 3 is 2.75 bits per heavy atom. The zero-order valence-corrected chi connectivity index (χ0v) is 12.9. The summed E-state index contributed by atoms with van der Waals surface area (Å²) in [5, 5.41) is 20.7. The molecule has 10 heteroatoms. The SMILES string of the molecule is COc1ccc(-c2nc(-c3n[nH]nc3C#N)cs2)cc1C(F)(F)F. The van der Waals surface area contributed by atoms with Crippen molar-refractivity contribution in [2.24, 2.45) is 0 Å². The molecule has 24 heavy (non-hydrogen) atoms. The lowest BCUT2D eigenvalue weighted by Gasteiger charge is -2.12. The van der Waals surface area contributed by atoms with Gasteiger partial charge in [-0.25, -0.2) is 4.98 Å². The van der Waals surface area contributed by atoms with Crippen LogP contribution in [0.4, 0.5) is 13.2 Å². The largest absolute Gasteiger partial charge is 0.496 e. The van der Waals surface area contributed by atoms with E-state index in [9.17, 15) is 13.2 Å². The van der Waals surface area contributed by atoms with Crippen LogP contribution < -0.4 is 4.74 Å². The highest BCUT2D eigenvalue weighted by atomic mass is 32.1. The van der Waals surface area contributed by atoms with Crippen LogP contribution in [0.5, 0.6) is 5.75 Å². The Balaban J connectivity index is 2.04. The van der Waals surface area contributed by atoms with Crippen molar-refractivity contribution in [3.8, 4) is 33.8 Å². The Morgan fingerprint density at radius 1 is 1.29 bits per heavy atom. The fraction of sp³-hybridized carbons (Fsp3) is 0.143. The molecule has 0 aliphatic carbocycles.